The van der Waals surface area contributed by atoms with E-state index in [4.69, 9.17) is 9.47 Å². The number of cyclic esters (lactones) is 1. The molecule has 0 amide bonds. The highest BCUT2D eigenvalue weighted by atomic mass is 16.6. The van der Waals surface area contributed by atoms with Gasteiger partial charge in [0.1, 0.15) is 6.10 Å². The molecule has 0 aliphatic carbocycles. The Morgan fingerprint density at radius 1 is 1.58 bits per heavy atom. The molecule has 1 aliphatic rings. The Labute approximate surface area is 73.0 Å². The molecule has 0 N–H and O–H groups in total. The third-order valence-corrected chi connectivity index (χ3v) is 1.67. The lowest BCUT2D eigenvalue weighted by Gasteiger charge is -2.21. The summed E-state index contributed by atoms with van der Waals surface area (Å²) in [6.45, 7) is 6.49. The van der Waals surface area contributed by atoms with Crippen LogP contribution in [0.1, 0.15) is 33.6 Å². The number of hydrogen-bond donors (Lipinski definition) is 0. The van der Waals surface area contributed by atoms with E-state index in [0.717, 1.165) is 6.42 Å². The van der Waals surface area contributed by atoms with Crippen molar-refractivity contribution in [3.8, 4) is 0 Å². The van der Waals surface area contributed by atoms with E-state index in [9.17, 15) is 4.79 Å². The van der Waals surface area contributed by atoms with E-state index in [1.165, 1.54) is 0 Å². The molecule has 0 spiro atoms. The maximum Gasteiger partial charge on any atom is 0.306 e. The van der Waals surface area contributed by atoms with Crippen LogP contribution in [0.5, 0.6) is 0 Å². The zero-order chi connectivity index (χ0) is 9.19. The second kappa shape index (κ2) is 3.44. The molecular formula is C9H16O3. The molecule has 0 saturated carbocycles. The lowest BCUT2D eigenvalue weighted by Crippen LogP contribution is -2.25. The van der Waals surface area contributed by atoms with Crippen LogP contribution >= 0.6 is 0 Å². The van der Waals surface area contributed by atoms with Crippen molar-refractivity contribution in [2.75, 3.05) is 6.61 Å². The van der Waals surface area contributed by atoms with E-state index in [2.05, 4.69) is 0 Å². The summed E-state index contributed by atoms with van der Waals surface area (Å²) in [7, 11) is 0. The summed E-state index contributed by atoms with van der Waals surface area (Å²) in [5.41, 5.74) is -0.144. The first-order chi connectivity index (χ1) is 5.47. The SMILES string of the molecule is CC(C)(C)OCC1CCC(=O)O1. The topological polar surface area (TPSA) is 35.5 Å². The minimum absolute atomic E-state index is 0.0169. The van der Waals surface area contributed by atoms with Crippen LogP contribution in [0.4, 0.5) is 0 Å². The van der Waals surface area contributed by atoms with Gasteiger partial charge in [0.2, 0.25) is 0 Å². The van der Waals surface area contributed by atoms with Gasteiger partial charge in [0, 0.05) is 6.42 Å². The predicted molar refractivity (Wildman–Crippen MR) is 44.8 cm³/mol. The molecule has 3 nitrogen and oxygen atoms in total. The summed E-state index contributed by atoms with van der Waals surface area (Å²) < 4.78 is 10.5. The average Bonchev–Trinajstić information content (AvgIpc) is 2.30. The third kappa shape index (κ3) is 3.22. The zero-order valence-corrected chi connectivity index (χ0v) is 7.92. The summed E-state index contributed by atoms with van der Waals surface area (Å²) in [5, 5.41) is 0. The van der Waals surface area contributed by atoms with Gasteiger partial charge in [0.25, 0.3) is 0 Å². The third-order valence-electron chi connectivity index (χ3n) is 1.67. The van der Waals surface area contributed by atoms with Crippen LogP contribution in [-0.2, 0) is 14.3 Å². The molecule has 0 bridgehead atoms. The van der Waals surface area contributed by atoms with Crippen molar-refractivity contribution < 1.29 is 14.3 Å². The van der Waals surface area contributed by atoms with Gasteiger partial charge < -0.3 is 9.47 Å². The molecule has 3 heteroatoms. The summed E-state index contributed by atoms with van der Waals surface area (Å²) in [4.78, 5) is 10.7. The van der Waals surface area contributed by atoms with Crippen LogP contribution in [0.25, 0.3) is 0 Å². The maximum absolute atomic E-state index is 10.7. The van der Waals surface area contributed by atoms with Crippen molar-refractivity contribution in [1.82, 2.24) is 0 Å². The molecule has 1 rings (SSSR count). The quantitative estimate of drug-likeness (QED) is 0.592. The van der Waals surface area contributed by atoms with Gasteiger partial charge >= 0.3 is 5.97 Å². The van der Waals surface area contributed by atoms with Gasteiger partial charge in [-0.1, -0.05) is 0 Å². The molecule has 70 valence electrons. The van der Waals surface area contributed by atoms with Gasteiger partial charge in [-0.05, 0) is 27.2 Å². The van der Waals surface area contributed by atoms with E-state index in [0.29, 0.717) is 13.0 Å². The summed E-state index contributed by atoms with van der Waals surface area (Å²) in [6.07, 6.45) is 1.32. The number of carbonyl (C=O) groups is 1. The van der Waals surface area contributed by atoms with Gasteiger partial charge in [0.05, 0.1) is 12.2 Å². The van der Waals surface area contributed by atoms with Gasteiger partial charge in [-0.2, -0.15) is 0 Å². The Morgan fingerprint density at radius 3 is 2.67 bits per heavy atom. The number of hydrogen-bond acceptors (Lipinski definition) is 3. The fraction of sp³-hybridized carbons (Fsp3) is 0.889. The smallest absolute Gasteiger partial charge is 0.306 e. The first kappa shape index (κ1) is 9.52. The van der Waals surface area contributed by atoms with Gasteiger partial charge in [0.15, 0.2) is 0 Å². The fourth-order valence-electron chi connectivity index (χ4n) is 1.04. The van der Waals surface area contributed by atoms with E-state index < -0.39 is 0 Å². The van der Waals surface area contributed by atoms with E-state index in [-0.39, 0.29) is 17.7 Å². The fourth-order valence-corrected chi connectivity index (χ4v) is 1.04. The largest absolute Gasteiger partial charge is 0.460 e. The van der Waals surface area contributed by atoms with Crippen molar-refractivity contribution in [1.29, 1.82) is 0 Å². The zero-order valence-electron chi connectivity index (χ0n) is 7.92. The van der Waals surface area contributed by atoms with Crippen LogP contribution in [-0.4, -0.2) is 24.3 Å². The Balaban J connectivity index is 2.20. The first-order valence-electron chi connectivity index (χ1n) is 4.31. The van der Waals surface area contributed by atoms with Crippen LogP contribution in [0.3, 0.4) is 0 Å². The first-order valence-corrected chi connectivity index (χ1v) is 4.31. The summed E-state index contributed by atoms with van der Waals surface area (Å²) in [6, 6.07) is 0. The Bertz CT molecular complexity index is 169. The number of ether oxygens (including phenoxy) is 2. The second-order valence-electron chi connectivity index (χ2n) is 4.07. The molecule has 0 aromatic carbocycles. The molecule has 0 aromatic heterocycles. The highest BCUT2D eigenvalue weighted by molar-refractivity contribution is 5.71. The molecular weight excluding hydrogens is 156 g/mol. The summed E-state index contributed by atoms with van der Waals surface area (Å²) >= 11 is 0. The van der Waals surface area contributed by atoms with Crippen molar-refractivity contribution >= 4 is 5.97 Å². The highest BCUT2D eigenvalue weighted by Crippen LogP contribution is 2.16. The molecule has 1 unspecified atom stereocenters. The van der Waals surface area contributed by atoms with Crippen molar-refractivity contribution in [3.63, 3.8) is 0 Å². The molecule has 0 radical (unpaired) electrons. The van der Waals surface area contributed by atoms with Crippen molar-refractivity contribution in [2.24, 2.45) is 0 Å². The predicted octanol–water partition coefficient (Wildman–Crippen LogP) is 1.51. The Hall–Kier alpha value is -0.570. The normalized spacial score (nSPS) is 24.2. The van der Waals surface area contributed by atoms with Crippen LogP contribution < -0.4 is 0 Å². The highest BCUT2D eigenvalue weighted by Gasteiger charge is 2.25. The maximum atomic E-state index is 10.7. The van der Waals surface area contributed by atoms with Gasteiger partial charge in [-0.25, -0.2) is 0 Å². The van der Waals surface area contributed by atoms with Crippen LogP contribution in [0, 0.1) is 0 Å². The Kier molecular flexibility index (Phi) is 2.73. The molecule has 12 heavy (non-hydrogen) atoms. The number of esters is 1. The molecule has 1 aliphatic heterocycles. The van der Waals surface area contributed by atoms with Gasteiger partial charge in [-0.3, -0.25) is 4.79 Å². The minimum Gasteiger partial charge on any atom is -0.460 e. The van der Waals surface area contributed by atoms with E-state index in [1.54, 1.807) is 0 Å². The lowest BCUT2D eigenvalue weighted by molar-refractivity contribution is -0.145. The Morgan fingerprint density at radius 2 is 2.25 bits per heavy atom. The second-order valence-corrected chi connectivity index (χ2v) is 4.07. The molecule has 1 heterocycles. The molecule has 1 fully saturated rings. The number of rotatable bonds is 2. The van der Waals surface area contributed by atoms with Crippen LogP contribution in [0.15, 0.2) is 0 Å². The van der Waals surface area contributed by atoms with E-state index in [1.807, 2.05) is 20.8 Å². The standard InChI is InChI=1S/C9H16O3/c1-9(2,3)11-6-7-4-5-8(10)12-7/h7H,4-6H2,1-3H3. The molecule has 1 atom stereocenters. The summed E-state index contributed by atoms with van der Waals surface area (Å²) in [5.74, 6) is -0.0995. The number of carbonyl (C=O) groups excluding carboxylic acids is 1. The average molecular weight is 172 g/mol. The molecule has 0 aromatic rings. The van der Waals surface area contributed by atoms with Crippen molar-refractivity contribution in [3.05, 3.63) is 0 Å². The van der Waals surface area contributed by atoms with E-state index >= 15 is 0 Å². The lowest BCUT2D eigenvalue weighted by atomic mass is 10.2. The van der Waals surface area contributed by atoms with Crippen molar-refractivity contribution in [2.45, 2.75) is 45.3 Å². The van der Waals surface area contributed by atoms with Gasteiger partial charge in [-0.15, -0.1) is 0 Å². The monoisotopic (exact) mass is 172 g/mol. The van der Waals surface area contributed by atoms with Crippen LogP contribution in [0.2, 0.25) is 0 Å². The minimum atomic E-state index is -0.144. The molecule has 1 saturated heterocycles.